The van der Waals surface area contributed by atoms with Crippen LogP contribution in [0.3, 0.4) is 0 Å². The van der Waals surface area contributed by atoms with Gasteiger partial charge in [-0.05, 0) is 30.6 Å². The first-order valence-corrected chi connectivity index (χ1v) is 3.77. The van der Waals surface area contributed by atoms with Crippen LogP contribution in [-0.2, 0) is 0 Å². The molecule has 9 heavy (non-hydrogen) atoms. The van der Waals surface area contributed by atoms with Crippen LogP contribution in [0.1, 0.15) is 33.1 Å². The molecule has 1 atom stereocenters. The van der Waals surface area contributed by atoms with Crippen molar-refractivity contribution in [1.29, 1.82) is 0 Å². The molecule has 1 aliphatic carbocycles. The van der Waals surface area contributed by atoms with E-state index in [4.69, 9.17) is 0 Å². The second-order valence-corrected chi connectivity index (χ2v) is 3.90. The molecule has 1 rings (SSSR count). The van der Waals surface area contributed by atoms with Crippen LogP contribution < -0.4 is 0 Å². The van der Waals surface area contributed by atoms with Gasteiger partial charge in [0.2, 0.25) is 0 Å². The van der Waals surface area contributed by atoms with Gasteiger partial charge in [-0.15, -0.1) is 6.58 Å². The topological polar surface area (TPSA) is 0 Å². The van der Waals surface area contributed by atoms with Crippen LogP contribution in [0.4, 0.5) is 0 Å². The quantitative estimate of drug-likeness (QED) is 0.471. The highest BCUT2D eigenvalue weighted by molar-refractivity contribution is 4.90. The van der Waals surface area contributed by atoms with Gasteiger partial charge in [0, 0.05) is 0 Å². The molecule has 0 N–H and O–H groups in total. The average Bonchev–Trinajstić information content (AvgIpc) is 2.10. The van der Waals surface area contributed by atoms with Gasteiger partial charge in [-0.25, -0.2) is 0 Å². The Balaban J connectivity index is 2.47. The first kappa shape index (κ1) is 6.85. The van der Waals surface area contributed by atoms with E-state index in [1.165, 1.54) is 19.3 Å². The highest BCUT2D eigenvalue weighted by Gasteiger charge is 2.28. The van der Waals surface area contributed by atoms with Crippen molar-refractivity contribution in [2.45, 2.75) is 33.1 Å². The Morgan fingerprint density at radius 1 is 1.56 bits per heavy atom. The van der Waals surface area contributed by atoms with E-state index in [2.05, 4.69) is 26.5 Å². The number of allylic oxidation sites excluding steroid dienone is 1. The van der Waals surface area contributed by atoms with Crippen molar-refractivity contribution in [3.8, 4) is 0 Å². The summed E-state index contributed by atoms with van der Waals surface area (Å²) < 4.78 is 0. The standard InChI is InChI=1S/C9H16/c1-4-8-5-6-9(2,3)7-8/h4,8H,1,5-7H2,2-3H3. The molecule has 0 aliphatic heterocycles. The minimum atomic E-state index is 0.596. The smallest absolute Gasteiger partial charge is 0.0231 e. The van der Waals surface area contributed by atoms with Crippen molar-refractivity contribution < 1.29 is 0 Å². The molecular weight excluding hydrogens is 108 g/mol. The van der Waals surface area contributed by atoms with Crippen molar-refractivity contribution in [2.24, 2.45) is 11.3 Å². The third-order valence-corrected chi connectivity index (χ3v) is 2.34. The Bertz CT molecular complexity index is 111. The molecule has 0 nitrogen and oxygen atoms in total. The normalized spacial score (nSPS) is 32.4. The van der Waals surface area contributed by atoms with Gasteiger partial charge in [-0.1, -0.05) is 19.9 Å². The van der Waals surface area contributed by atoms with Gasteiger partial charge >= 0.3 is 0 Å². The average molecular weight is 124 g/mol. The Hall–Kier alpha value is -0.260. The predicted octanol–water partition coefficient (Wildman–Crippen LogP) is 3.00. The maximum atomic E-state index is 3.81. The molecule has 1 saturated carbocycles. The minimum Gasteiger partial charge on any atom is -0.103 e. The molecule has 0 heterocycles. The van der Waals surface area contributed by atoms with Gasteiger partial charge in [0.1, 0.15) is 0 Å². The summed E-state index contributed by atoms with van der Waals surface area (Å²) in [5.41, 5.74) is 0.596. The van der Waals surface area contributed by atoms with Crippen molar-refractivity contribution in [1.82, 2.24) is 0 Å². The maximum absolute atomic E-state index is 3.81. The predicted molar refractivity (Wildman–Crippen MR) is 41.3 cm³/mol. The monoisotopic (exact) mass is 124 g/mol. The first-order valence-electron chi connectivity index (χ1n) is 3.77. The van der Waals surface area contributed by atoms with E-state index in [1.807, 2.05) is 0 Å². The number of hydrogen-bond donors (Lipinski definition) is 0. The molecule has 0 heteroatoms. The molecule has 1 unspecified atom stereocenters. The summed E-state index contributed by atoms with van der Waals surface area (Å²) >= 11 is 0. The van der Waals surface area contributed by atoms with E-state index in [0.29, 0.717) is 5.41 Å². The van der Waals surface area contributed by atoms with Crippen LogP contribution in [0.25, 0.3) is 0 Å². The summed E-state index contributed by atoms with van der Waals surface area (Å²) in [4.78, 5) is 0. The summed E-state index contributed by atoms with van der Waals surface area (Å²) in [5.74, 6) is 0.806. The third kappa shape index (κ3) is 1.57. The van der Waals surface area contributed by atoms with Gasteiger partial charge in [0.05, 0.1) is 0 Å². The molecule has 0 amide bonds. The maximum Gasteiger partial charge on any atom is -0.0231 e. The summed E-state index contributed by atoms with van der Waals surface area (Å²) in [6, 6.07) is 0. The van der Waals surface area contributed by atoms with Crippen LogP contribution in [0, 0.1) is 11.3 Å². The van der Waals surface area contributed by atoms with Gasteiger partial charge < -0.3 is 0 Å². The van der Waals surface area contributed by atoms with Crippen molar-refractivity contribution in [3.63, 3.8) is 0 Å². The molecule has 1 fully saturated rings. The lowest BCUT2D eigenvalue weighted by atomic mass is 9.91. The van der Waals surface area contributed by atoms with Crippen LogP contribution in [0.2, 0.25) is 0 Å². The van der Waals surface area contributed by atoms with Crippen molar-refractivity contribution >= 4 is 0 Å². The molecule has 0 aromatic rings. The number of rotatable bonds is 1. The van der Waals surface area contributed by atoms with Crippen molar-refractivity contribution in [3.05, 3.63) is 12.7 Å². The van der Waals surface area contributed by atoms with Gasteiger partial charge in [-0.3, -0.25) is 0 Å². The zero-order valence-corrected chi connectivity index (χ0v) is 6.48. The molecule has 1 aliphatic rings. The molecule has 0 bridgehead atoms. The van der Waals surface area contributed by atoms with Crippen LogP contribution in [0.15, 0.2) is 12.7 Å². The van der Waals surface area contributed by atoms with E-state index >= 15 is 0 Å². The molecule has 52 valence electrons. The zero-order valence-electron chi connectivity index (χ0n) is 6.48. The lowest BCUT2D eigenvalue weighted by molar-refractivity contribution is 0.372. The second kappa shape index (κ2) is 2.17. The second-order valence-electron chi connectivity index (χ2n) is 3.90. The fraction of sp³-hybridized carbons (Fsp3) is 0.778. The minimum absolute atomic E-state index is 0.596. The molecule has 0 spiro atoms. The SMILES string of the molecule is C=CC1CCC(C)(C)C1. The van der Waals surface area contributed by atoms with E-state index in [-0.39, 0.29) is 0 Å². The molecule has 0 aromatic carbocycles. The summed E-state index contributed by atoms with van der Waals surface area (Å²) in [6.07, 6.45) is 6.19. The molecule has 0 radical (unpaired) electrons. The van der Waals surface area contributed by atoms with E-state index in [9.17, 15) is 0 Å². The Morgan fingerprint density at radius 3 is 2.44 bits per heavy atom. The summed E-state index contributed by atoms with van der Waals surface area (Å²) in [6.45, 7) is 8.50. The Kier molecular flexibility index (Phi) is 1.65. The highest BCUT2D eigenvalue weighted by atomic mass is 14.3. The van der Waals surface area contributed by atoms with Crippen LogP contribution in [-0.4, -0.2) is 0 Å². The molecule has 0 saturated heterocycles. The lowest BCUT2D eigenvalue weighted by Crippen LogP contribution is -2.03. The Morgan fingerprint density at radius 2 is 2.22 bits per heavy atom. The zero-order chi connectivity index (χ0) is 6.91. The molecule has 0 aromatic heterocycles. The van der Waals surface area contributed by atoms with Crippen LogP contribution >= 0.6 is 0 Å². The fourth-order valence-electron chi connectivity index (χ4n) is 1.69. The largest absolute Gasteiger partial charge is 0.103 e. The fourth-order valence-corrected chi connectivity index (χ4v) is 1.69. The van der Waals surface area contributed by atoms with E-state index in [0.717, 1.165) is 5.92 Å². The number of hydrogen-bond acceptors (Lipinski definition) is 0. The first-order chi connectivity index (χ1) is 4.14. The van der Waals surface area contributed by atoms with Gasteiger partial charge in [-0.2, -0.15) is 0 Å². The van der Waals surface area contributed by atoms with Gasteiger partial charge in [0.15, 0.2) is 0 Å². The van der Waals surface area contributed by atoms with Crippen molar-refractivity contribution in [2.75, 3.05) is 0 Å². The summed E-state index contributed by atoms with van der Waals surface area (Å²) in [5, 5.41) is 0. The highest BCUT2D eigenvalue weighted by Crippen LogP contribution is 2.40. The third-order valence-electron chi connectivity index (χ3n) is 2.34. The van der Waals surface area contributed by atoms with E-state index in [1.54, 1.807) is 0 Å². The van der Waals surface area contributed by atoms with Gasteiger partial charge in [0.25, 0.3) is 0 Å². The van der Waals surface area contributed by atoms with Crippen LogP contribution in [0.5, 0.6) is 0 Å². The lowest BCUT2D eigenvalue weighted by Gasteiger charge is -2.15. The molecular formula is C9H16. The summed E-state index contributed by atoms with van der Waals surface area (Å²) in [7, 11) is 0. The Labute approximate surface area is 58.0 Å². The van der Waals surface area contributed by atoms with E-state index < -0.39 is 0 Å².